The Bertz CT molecular complexity index is 397. The van der Waals surface area contributed by atoms with E-state index in [0.717, 1.165) is 6.54 Å². The molecule has 0 spiro atoms. The Kier molecular flexibility index (Phi) is 2.86. The van der Waals surface area contributed by atoms with E-state index in [0.29, 0.717) is 16.7 Å². The number of carbonyl (C=O) groups excluding carboxylic acids is 1. The molecule has 0 heterocycles. The van der Waals surface area contributed by atoms with Crippen LogP contribution in [0.5, 0.6) is 0 Å². The van der Waals surface area contributed by atoms with Gasteiger partial charge in [0, 0.05) is 17.8 Å². The summed E-state index contributed by atoms with van der Waals surface area (Å²) in [4.78, 5) is 11.8. The number of nitrogen functional groups attached to an aromatic ring is 1. The highest BCUT2D eigenvalue weighted by Crippen LogP contribution is 2.39. The fourth-order valence-electron chi connectivity index (χ4n) is 2.03. The van der Waals surface area contributed by atoms with Gasteiger partial charge in [0.15, 0.2) is 0 Å². The van der Waals surface area contributed by atoms with Crippen molar-refractivity contribution < 1.29 is 4.79 Å². The van der Waals surface area contributed by atoms with Crippen molar-refractivity contribution in [3.05, 3.63) is 29.8 Å². The fraction of sp³-hybridized carbons (Fsp3) is 0.462. The molecule has 1 amide bonds. The smallest absolute Gasteiger partial charge is 0.251 e. The maximum absolute atomic E-state index is 11.8. The van der Waals surface area contributed by atoms with Crippen molar-refractivity contribution in [1.82, 2.24) is 5.32 Å². The van der Waals surface area contributed by atoms with Crippen LogP contribution in [-0.2, 0) is 0 Å². The van der Waals surface area contributed by atoms with Gasteiger partial charge in [-0.3, -0.25) is 4.79 Å². The largest absolute Gasteiger partial charge is 0.399 e. The van der Waals surface area contributed by atoms with E-state index in [4.69, 9.17) is 5.73 Å². The number of nitrogens with one attached hydrogen (secondary N) is 1. The zero-order valence-electron chi connectivity index (χ0n) is 9.62. The van der Waals surface area contributed by atoms with E-state index in [9.17, 15) is 4.79 Å². The van der Waals surface area contributed by atoms with Crippen molar-refractivity contribution >= 4 is 11.6 Å². The molecule has 3 heteroatoms. The lowest BCUT2D eigenvalue weighted by Crippen LogP contribution is -2.39. The summed E-state index contributed by atoms with van der Waals surface area (Å²) in [6, 6.07) is 7.08. The quantitative estimate of drug-likeness (QED) is 0.764. The summed E-state index contributed by atoms with van der Waals surface area (Å²) in [5.74, 6) is -0.0274. The van der Waals surface area contributed by atoms with Crippen LogP contribution in [0.15, 0.2) is 24.3 Å². The average molecular weight is 218 g/mol. The van der Waals surface area contributed by atoms with Crippen molar-refractivity contribution in [2.24, 2.45) is 5.41 Å². The molecule has 0 unspecified atom stereocenters. The van der Waals surface area contributed by atoms with Gasteiger partial charge in [0.2, 0.25) is 0 Å². The number of nitrogens with two attached hydrogens (primary N) is 1. The predicted octanol–water partition coefficient (Wildman–Crippen LogP) is 2.19. The van der Waals surface area contributed by atoms with Gasteiger partial charge in [-0.1, -0.05) is 19.4 Å². The minimum absolute atomic E-state index is 0.0274. The topological polar surface area (TPSA) is 55.1 Å². The molecular weight excluding hydrogens is 200 g/mol. The number of anilines is 1. The lowest BCUT2D eigenvalue weighted by atomic mass is 9.70. The molecular formula is C13H18N2O. The molecule has 1 aliphatic carbocycles. The van der Waals surface area contributed by atoms with Gasteiger partial charge in [-0.25, -0.2) is 0 Å². The molecule has 0 atom stereocenters. The summed E-state index contributed by atoms with van der Waals surface area (Å²) in [6.45, 7) is 2.98. The lowest BCUT2D eigenvalue weighted by Gasteiger charge is -2.38. The third-order valence-electron chi connectivity index (χ3n) is 3.39. The summed E-state index contributed by atoms with van der Waals surface area (Å²) in [5, 5.41) is 2.97. The normalized spacial score (nSPS) is 17.6. The summed E-state index contributed by atoms with van der Waals surface area (Å²) < 4.78 is 0. The van der Waals surface area contributed by atoms with Gasteiger partial charge in [0.05, 0.1) is 0 Å². The van der Waals surface area contributed by atoms with E-state index >= 15 is 0 Å². The van der Waals surface area contributed by atoms with Gasteiger partial charge in [-0.05, 0) is 36.5 Å². The summed E-state index contributed by atoms with van der Waals surface area (Å²) in [5.41, 5.74) is 7.22. The van der Waals surface area contributed by atoms with Crippen molar-refractivity contribution in [1.29, 1.82) is 0 Å². The molecule has 16 heavy (non-hydrogen) atoms. The second-order valence-electron chi connectivity index (χ2n) is 4.97. The molecule has 3 N–H and O–H groups in total. The number of hydrogen-bond donors (Lipinski definition) is 2. The molecule has 1 aromatic carbocycles. The van der Waals surface area contributed by atoms with Gasteiger partial charge in [-0.2, -0.15) is 0 Å². The molecule has 0 aliphatic heterocycles. The SMILES string of the molecule is CC1(CNC(=O)c2cccc(N)c2)CCC1. The number of amides is 1. The van der Waals surface area contributed by atoms with Gasteiger partial charge in [0.1, 0.15) is 0 Å². The first-order valence-corrected chi connectivity index (χ1v) is 5.73. The zero-order valence-corrected chi connectivity index (χ0v) is 9.62. The first kappa shape index (κ1) is 11.0. The molecule has 0 radical (unpaired) electrons. The molecule has 1 aromatic rings. The Morgan fingerprint density at radius 3 is 2.81 bits per heavy atom. The standard InChI is InChI=1S/C13H18N2O/c1-13(6-3-7-13)9-15-12(16)10-4-2-5-11(14)8-10/h2,4-5,8H,3,6-7,9,14H2,1H3,(H,15,16). The van der Waals surface area contributed by atoms with Crippen LogP contribution in [0.1, 0.15) is 36.5 Å². The molecule has 0 saturated heterocycles. The average Bonchev–Trinajstić information content (AvgIpc) is 2.23. The van der Waals surface area contributed by atoms with E-state index in [2.05, 4.69) is 12.2 Å². The van der Waals surface area contributed by atoms with Crippen LogP contribution in [0.3, 0.4) is 0 Å². The minimum atomic E-state index is -0.0274. The lowest BCUT2D eigenvalue weighted by molar-refractivity contribution is 0.0891. The minimum Gasteiger partial charge on any atom is -0.399 e. The van der Waals surface area contributed by atoms with Crippen LogP contribution >= 0.6 is 0 Å². The van der Waals surface area contributed by atoms with E-state index in [1.54, 1.807) is 24.3 Å². The van der Waals surface area contributed by atoms with Crippen LogP contribution in [0.25, 0.3) is 0 Å². The Hall–Kier alpha value is -1.51. The van der Waals surface area contributed by atoms with Gasteiger partial charge < -0.3 is 11.1 Å². The van der Waals surface area contributed by atoms with Crippen molar-refractivity contribution in [3.8, 4) is 0 Å². The van der Waals surface area contributed by atoms with Gasteiger partial charge >= 0.3 is 0 Å². The predicted molar refractivity (Wildman–Crippen MR) is 65.1 cm³/mol. The summed E-state index contributed by atoms with van der Waals surface area (Å²) >= 11 is 0. The van der Waals surface area contributed by atoms with Crippen LogP contribution < -0.4 is 11.1 Å². The third kappa shape index (κ3) is 2.35. The van der Waals surface area contributed by atoms with Gasteiger partial charge in [-0.15, -0.1) is 0 Å². The second kappa shape index (κ2) is 4.16. The zero-order chi connectivity index (χ0) is 11.6. The highest BCUT2D eigenvalue weighted by atomic mass is 16.1. The molecule has 3 nitrogen and oxygen atoms in total. The Morgan fingerprint density at radius 2 is 2.25 bits per heavy atom. The Balaban J connectivity index is 1.93. The number of rotatable bonds is 3. The first-order valence-electron chi connectivity index (χ1n) is 5.73. The number of benzene rings is 1. The molecule has 0 bridgehead atoms. The maximum atomic E-state index is 11.8. The van der Waals surface area contributed by atoms with E-state index < -0.39 is 0 Å². The Morgan fingerprint density at radius 1 is 1.50 bits per heavy atom. The molecule has 1 fully saturated rings. The van der Waals surface area contributed by atoms with Crippen molar-refractivity contribution in [3.63, 3.8) is 0 Å². The monoisotopic (exact) mass is 218 g/mol. The molecule has 1 aliphatic rings. The van der Waals surface area contributed by atoms with Crippen LogP contribution in [0.2, 0.25) is 0 Å². The molecule has 1 saturated carbocycles. The molecule has 86 valence electrons. The van der Waals surface area contributed by atoms with E-state index in [1.807, 2.05) is 0 Å². The van der Waals surface area contributed by atoms with Crippen molar-refractivity contribution in [2.75, 3.05) is 12.3 Å². The van der Waals surface area contributed by atoms with E-state index in [1.165, 1.54) is 19.3 Å². The maximum Gasteiger partial charge on any atom is 0.251 e. The van der Waals surface area contributed by atoms with Crippen LogP contribution in [-0.4, -0.2) is 12.5 Å². The number of hydrogen-bond acceptors (Lipinski definition) is 2. The highest BCUT2D eigenvalue weighted by molar-refractivity contribution is 5.94. The summed E-state index contributed by atoms with van der Waals surface area (Å²) in [6.07, 6.45) is 3.71. The highest BCUT2D eigenvalue weighted by Gasteiger charge is 2.31. The molecule has 0 aromatic heterocycles. The number of carbonyl (C=O) groups is 1. The Labute approximate surface area is 96.0 Å². The molecule has 2 rings (SSSR count). The van der Waals surface area contributed by atoms with E-state index in [-0.39, 0.29) is 5.91 Å². The summed E-state index contributed by atoms with van der Waals surface area (Å²) in [7, 11) is 0. The fourth-order valence-corrected chi connectivity index (χ4v) is 2.03. The third-order valence-corrected chi connectivity index (χ3v) is 3.39. The van der Waals surface area contributed by atoms with Crippen LogP contribution in [0.4, 0.5) is 5.69 Å². The second-order valence-corrected chi connectivity index (χ2v) is 4.97. The van der Waals surface area contributed by atoms with Gasteiger partial charge in [0.25, 0.3) is 5.91 Å². The van der Waals surface area contributed by atoms with Crippen LogP contribution in [0, 0.1) is 5.41 Å². The van der Waals surface area contributed by atoms with Crippen molar-refractivity contribution in [2.45, 2.75) is 26.2 Å². The first-order chi connectivity index (χ1) is 7.59.